The Labute approximate surface area is 127 Å². The van der Waals surface area contributed by atoms with Gasteiger partial charge in [-0.05, 0) is 31.0 Å². The minimum absolute atomic E-state index is 0.0563. The normalized spacial score (nSPS) is 10.4. The summed E-state index contributed by atoms with van der Waals surface area (Å²) in [5.74, 6) is 0.614. The van der Waals surface area contributed by atoms with Crippen molar-refractivity contribution in [2.24, 2.45) is 5.73 Å². The summed E-state index contributed by atoms with van der Waals surface area (Å²) in [5.41, 5.74) is 6.40. The Morgan fingerprint density at radius 3 is 3.05 bits per heavy atom. The topological polar surface area (TPSA) is 90.1 Å². The zero-order chi connectivity index (χ0) is 15.1. The summed E-state index contributed by atoms with van der Waals surface area (Å²) in [5, 5.41) is 11.9. The molecule has 1 heterocycles. The van der Waals surface area contributed by atoms with E-state index in [-0.39, 0.29) is 12.5 Å². The second-order valence-corrected chi connectivity index (χ2v) is 5.58. The van der Waals surface area contributed by atoms with Crippen molar-refractivity contribution in [2.45, 2.75) is 19.8 Å². The number of nitrogens with one attached hydrogen (secondary N) is 1. The highest BCUT2D eigenvalue weighted by atomic mass is 32.1. The molecular formula is C14H18N4O2S. The molecule has 1 aromatic heterocycles. The number of aryl methyl sites for hydroxylation is 2. The molecule has 1 aromatic carbocycles. The highest BCUT2D eigenvalue weighted by Crippen LogP contribution is 2.17. The largest absolute Gasteiger partial charge is 0.494 e. The summed E-state index contributed by atoms with van der Waals surface area (Å²) < 4.78 is 5.67. The van der Waals surface area contributed by atoms with E-state index < -0.39 is 0 Å². The molecule has 0 saturated carbocycles. The average Bonchev–Trinajstić information content (AvgIpc) is 2.91. The lowest BCUT2D eigenvalue weighted by Crippen LogP contribution is -2.21. The Hall–Kier alpha value is -1.99. The monoisotopic (exact) mass is 306 g/mol. The summed E-state index contributed by atoms with van der Waals surface area (Å²) in [6, 6.07) is 7.96. The first-order valence-electron chi connectivity index (χ1n) is 6.69. The number of hydrogen-bond acceptors (Lipinski definition) is 6. The Morgan fingerprint density at radius 2 is 2.29 bits per heavy atom. The summed E-state index contributed by atoms with van der Waals surface area (Å²) >= 11 is 1.36. The molecule has 0 unspecified atom stereocenters. The number of aromatic nitrogens is 2. The molecule has 0 radical (unpaired) electrons. The molecule has 0 aliphatic rings. The molecule has 0 aliphatic carbocycles. The van der Waals surface area contributed by atoms with Gasteiger partial charge in [0.15, 0.2) is 0 Å². The van der Waals surface area contributed by atoms with Gasteiger partial charge >= 0.3 is 0 Å². The van der Waals surface area contributed by atoms with E-state index >= 15 is 0 Å². The first kappa shape index (κ1) is 15.4. The minimum atomic E-state index is -0.263. The van der Waals surface area contributed by atoms with Gasteiger partial charge in [-0.1, -0.05) is 23.5 Å². The van der Waals surface area contributed by atoms with Crippen LogP contribution in [-0.2, 0) is 11.2 Å². The fourth-order valence-electron chi connectivity index (χ4n) is 1.69. The van der Waals surface area contributed by atoms with Crippen LogP contribution in [-0.4, -0.2) is 29.3 Å². The Kier molecular flexibility index (Phi) is 5.65. The van der Waals surface area contributed by atoms with Gasteiger partial charge in [-0.2, -0.15) is 0 Å². The van der Waals surface area contributed by atoms with E-state index in [1.807, 2.05) is 31.2 Å². The zero-order valence-corrected chi connectivity index (χ0v) is 12.7. The van der Waals surface area contributed by atoms with Gasteiger partial charge in [-0.3, -0.25) is 10.1 Å². The van der Waals surface area contributed by atoms with E-state index in [1.165, 1.54) is 16.9 Å². The van der Waals surface area contributed by atoms with Crippen molar-refractivity contribution in [1.29, 1.82) is 0 Å². The van der Waals surface area contributed by atoms with E-state index in [0.717, 1.165) is 23.6 Å². The third kappa shape index (κ3) is 5.13. The van der Waals surface area contributed by atoms with Gasteiger partial charge in [-0.25, -0.2) is 0 Å². The maximum absolute atomic E-state index is 11.1. The standard InChI is InChI=1S/C14H18N4O2S/c1-10-4-2-5-11(8-10)20-7-3-6-13-17-18-14(21-13)16-12(19)9-15/h2,4-5,8H,3,6-7,9,15H2,1H3,(H,16,18,19). The molecule has 0 fully saturated rings. The van der Waals surface area contributed by atoms with Crippen molar-refractivity contribution in [3.05, 3.63) is 34.8 Å². The van der Waals surface area contributed by atoms with Crippen LogP contribution in [0.3, 0.4) is 0 Å². The Balaban J connectivity index is 1.72. The van der Waals surface area contributed by atoms with Gasteiger partial charge in [0.25, 0.3) is 0 Å². The van der Waals surface area contributed by atoms with Crippen LogP contribution in [0.4, 0.5) is 5.13 Å². The molecule has 7 heteroatoms. The van der Waals surface area contributed by atoms with Crippen LogP contribution >= 0.6 is 11.3 Å². The summed E-state index contributed by atoms with van der Waals surface area (Å²) in [6.07, 6.45) is 1.61. The lowest BCUT2D eigenvalue weighted by atomic mass is 10.2. The van der Waals surface area contributed by atoms with Crippen molar-refractivity contribution in [2.75, 3.05) is 18.5 Å². The zero-order valence-electron chi connectivity index (χ0n) is 11.8. The Morgan fingerprint density at radius 1 is 1.43 bits per heavy atom. The van der Waals surface area contributed by atoms with Gasteiger partial charge in [0.2, 0.25) is 11.0 Å². The number of anilines is 1. The van der Waals surface area contributed by atoms with Crippen LogP contribution in [0.1, 0.15) is 17.0 Å². The number of nitrogens with zero attached hydrogens (tertiary/aromatic N) is 2. The highest BCUT2D eigenvalue weighted by Gasteiger charge is 2.06. The molecule has 112 valence electrons. The van der Waals surface area contributed by atoms with Gasteiger partial charge in [0.05, 0.1) is 13.2 Å². The quantitative estimate of drug-likeness (QED) is 0.761. The molecule has 2 aromatic rings. The molecule has 21 heavy (non-hydrogen) atoms. The molecule has 1 amide bonds. The maximum Gasteiger partial charge on any atom is 0.239 e. The highest BCUT2D eigenvalue weighted by molar-refractivity contribution is 7.15. The predicted octanol–water partition coefficient (Wildman–Crippen LogP) is 1.76. The lowest BCUT2D eigenvalue weighted by Gasteiger charge is -2.05. The van der Waals surface area contributed by atoms with Crippen LogP contribution < -0.4 is 15.8 Å². The fourth-order valence-corrected chi connectivity index (χ4v) is 2.49. The van der Waals surface area contributed by atoms with Crippen molar-refractivity contribution < 1.29 is 9.53 Å². The number of carbonyl (C=O) groups is 1. The van der Waals surface area contributed by atoms with Crippen LogP contribution in [0.2, 0.25) is 0 Å². The first-order chi connectivity index (χ1) is 10.2. The predicted molar refractivity (Wildman–Crippen MR) is 82.6 cm³/mol. The molecular weight excluding hydrogens is 288 g/mol. The van der Waals surface area contributed by atoms with E-state index in [2.05, 4.69) is 15.5 Å². The number of amides is 1. The number of nitrogens with two attached hydrogens (primary N) is 1. The molecule has 3 N–H and O–H groups in total. The number of ether oxygens (including phenoxy) is 1. The second kappa shape index (κ2) is 7.70. The molecule has 2 rings (SSSR count). The van der Waals surface area contributed by atoms with E-state index in [0.29, 0.717) is 11.7 Å². The summed E-state index contributed by atoms with van der Waals surface area (Å²) in [7, 11) is 0. The van der Waals surface area contributed by atoms with E-state index in [4.69, 9.17) is 10.5 Å². The molecule has 0 aliphatic heterocycles. The number of benzene rings is 1. The van der Waals surface area contributed by atoms with Crippen LogP contribution in [0.25, 0.3) is 0 Å². The third-order valence-corrected chi connectivity index (χ3v) is 3.59. The van der Waals surface area contributed by atoms with Crippen molar-refractivity contribution >= 4 is 22.4 Å². The molecule has 6 nitrogen and oxygen atoms in total. The smallest absolute Gasteiger partial charge is 0.239 e. The fraction of sp³-hybridized carbons (Fsp3) is 0.357. The molecule has 0 atom stereocenters. The lowest BCUT2D eigenvalue weighted by molar-refractivity contribution is -0.114. The van der Waals surface area contributed by atoms with Gasteiger partial charge in [0.1, 0.15) is 10.8 Å². The average molecular weight is 306 g/mol. The van der Waals surface area contributed by atoms with Crippen molar-refractivity contribution in [3.63, 3.8) is 0 Å². The first-order valence-corrected chi connectivity index (χ1v) is 7.51. The van der Waals surface area contributed by atoms with Gasteiger partial charge in [0, 0.05) is 6.42 Å². The van der Waals surface area contributed by atoms with Gasteiger partial charge in [-0.15, -0.1) is 10.2 Å². The minimum Gasteiger partial charge on any atom is -0.494 e. The molecule has 0 bridgehead atoms. The molecule has 0 saturated heterocycles. The second-order valence-electron chi connectivity index (χ2n) is 4.52. The number of rotatable bonds is 7. The summed E-state index contributed by atoms with van der Waals surface area (Å²) in [6.45, 7) is 2.60. The van der Waals surface area contributed by atoms with Crippen LogP contribution in [0.15, 0.2) is 24.3 Å². The number of hydrogen-bond donors (Lipinski definition) is 2. The molecule has 0 spiro atoms. The number of carbonyl (C=O) groups excluding carboxylic acids is 1. The SMILES string of the molecule is Cc1cccc(OCCCc2nnc(NC(=O)CN)s2)c1. The Bertz CT molecular complexity index is 600. The maximum atomic E-state index is 11.1. The van der Waals surface area contributed by atoms with E-state index in [9.17, 15) is 4.79 Å². The van der Waals surface area contributed by atoms with Crippen molar-refractivity contribution in [1.82, 2.24) is 10.2 Å². The van der Waals surface area contributed by atoms with Crippen LogP contribution in [0.5, 0.6) is 5.75 Å². The van der Waals surface area contributed by atoms with Gasteiger partial charge < -0.3 is 10.5 Å². The van der Waals surface area contributed by atoms with E-state index in [1.54, 1.807) is 0 Å². The third-order valence-electron chi connectivity index (χ3n) is 2.69. The van der Waals surface area contributed by atoms with Crippen molar-refractivity contribution in [3.8, 4) is 5.75 Å². The summed E-state index contributed by atoms with van der Waals surface area (Å²) in [4.78, 5) is 11.1. The van der Waals surface area contributed by atoms with Crippen LogP contribution in [0, 0.1) is 6.92 Å².